The highest BCUT2D eigenvalue weighted by Gasteiger charge is 2.39. The average Bonchev–Trinajstić information content (AvgIpc) is 3.28. The van der Waals surface area contributed by atoms with E-state index in [0.717, 1.165) is 36.0 Å². The number of hydrogen-bond donors (Lipinski definition) is 3. The van der Waals surface area contributed by atoms with Crippen LogP contribution in [0.2, 0.25) is 0 Å². The van der Waals surface area contributed by atoms with Gasteiger partial charge in [0, 0.05) is 16.6 Å². The SMILES string of the molecule is O=C(C[C@@H]1NC(=O)N(Cc2ccccc2)C1=O)N[C@@H]1CCCc2c1[nH]c1ccccc21. The zero-order valence-electron chi connectivity index (χ0n) is 17.1. The Morgan fingerprint density at radius 3 is 2.68 bits per heavy atom. The molecule has 0 saturated carbocycles. The summed E-state index contributed by atoms with van der Waals surface area (Å²) >= 11 is 0. The van der Waals surface area contributed by atoms with E-state index in [4.69, 9.17) is 0 Å². The molecular weight excluding hydrogens is 392 g/mol. The largest absolute Gasteiger partial charge is 0.356 e. The van der Waals surface area contributed by atoms with Crippen LogP contribution in [0.1, 0.15) is 42.1 Å². The van der Waals surface area contributed by atoms with Crippen LogP contribution < -0.4 is 10.6 Å². The lowest BCUT2D eigenvalue weighted by atomic mass is 9.91. The van der Waals surface area contributed by atoms with Crippen LogP contribution in [0.25, 0.3) is 10.9 Å². The fourth-order valence-electron chi connectivity index (χ4n) is 4.63. The van der Waals surface area contributed by atoms with Crippen LogP contribution in [-0.2, 0) is 22.6 Å². The van der Waals surface area contributed by atoms with Gasteiger partial charge in [0.1, 0.15) is 6.04 Å². The zero-order valence-corrected chi connectivity index (χ0v) is 17.1. The molecule has 1 aliphatic carbocycles. The molecule has 2 aliphatic rings. The predicted molar refractivity (Wildman–Crippen MR) is 116 cm³/mol. The van der Waals surface area contributed by atoms with Crippen LogP contribution in [0.15, 0.2) is 54.6 Å². The smallest absolute Gasteiger partial charge is 0.325 e. The van der Waals surface area contributed by atoms with Crippen molar-refractivity contribution in [2.45, 2.75) is 44.3 Å². The monoisotopic (exact) mass is 416 g/mol. The number of amides is 4. The van der Waals surface area contributed by atoms with Gasteiger partial charge in [-0.2, -0.15) is 0 Å². The van der Waals surface area contributed by atoms with Crippen molar-refractivity contribution in [3.8, 4) is 0 Å². The van der Waals surface area contributed by atoms with Crippen LogP contribution in [0, 0.1) is 0 Å². The molecule has 2 atom stereocenters. The number of aromatic nitrogens is 1. The van der Waals surface area contributed by atoms with Crippen molar-refractivity contribution >= 4 is 28.7 Å². The molecule has 3 N–H and O–H groups in total. The third-order valence-electron chi connectivity index (χ3n) is 6.13. The molecule has 2 heterocycles. The van der Waals surface area contributed by atoms with Crippen molar-refractivity contribution in [1.82, 2.24) is 20.5 Å². The first-order chi connectivity index (χ1) is 15.1. The van der Waals surface area contributed by atoms with Gasteiger partial charge in [-0.05, 0) is 36.5 Å². The summed E-state index contributed by atoms with van der Waals surface area (Å²) in [6, 6.07) is 16.1. The second-order valence-electron chi connectivity index (χ2n) is 8.19. The van der Waals surface area contributed by atoms with Gasteiger partial charge in [-0.15, -0.1) is 0 Å². The van der Waals surface area contributed by atoms with E-state index in [0.29, 0.717) is 0 Å². The van der Waals surface area contributed by atoms with E-state index in [1.54, 1.807) is 0 Å². The number of hydrogen-bond acceptors (Lipinski definition) is 3. The van der Waals surface area contributed by atoms with Gasteiger partial charge in [0.2, 0.25) is 5.91 Å². The molecular formula is C24H24N4O3. The third kappa shape index (κ3) is 3.67. The Labute approximate surface area is 179 Å². The first-order valence-electron chi connectivity index (χ1n) is 10.6. The molecule has 0 unspecified atom stereocenters. The first kappa shape index (κ1) is 19.4. The van der Waals surface area contributed by atoms with Gasteiger partial charge in [0.15, 0.2) is 0 Å². The Balaban J connectivity index is 1.25. The lowest BCUT2D eigenvalue weighted by Gasteiger charge is -2.24. The predicted octanol–water partition coefficient (Wildman–Crippen LogP) is 3.17. The highest BCUT2D eigenvalue weighted by molar-refractivity contribution is 6.05. The number of aromatic amines is 1. The minimum atomic E-state index is -0.831. The molecule has 1 aromatic heterocycles. The van der Waals surface area contributed by atoms with Gasteiger partial charge in [-0.1, -0.05) is 48.5 Å². The Hall–Kier alpha value is -3.61. The third-order valence-corrected chi connectivity index (χ3v) is 6.13. The van der Waals surface area contributed by atoms with Gasteiger partial charge < -0.3 is 15.6 Å². The first-order valence-corrected chi connectivity index (χ1v) is 10.6. The maximum Gasteiger partial charge on any atom is 0.325 e. The van der Waals surface area contributed by atoms with Crippen LogP contribution in [0.3, 0.4) is 0 Å². The maximum atomic E-state index is 12.8. The number of benzene rings is 2. The number of fused-ring (bicyclic) bond motifs is 3. The molecule has 2 aromatic carbocycles. The Morgan fingerprint density at radius 2 is 1.84 bits per heavy atom. The Kier molecular flexibility index (Phi) is 4.94. The lowest BCUT2D eigenvalue weighted by molar-refractivity contribution is -0.131. The highest BCUT2D eigenvalue weighted by Crippen LogP contribution is 2.34. The van der Waals surface area contributed by atoms with Crippen molar-refractivity contribution in [2.24, 2.45) is 0 Å². The molecule has 0 radical (unpaired) electrons. The molecule has 3 aromatic rings. The molecule has 1 aliphatic heterocycles. The van der Waals surface area contributed by atoms with Crippen LogP contribution in [0.4, 0.5) is 4.79 Å². The maximum absolute atomic E-state index is 12.8. The summed E-state index contributed by atoms with van der Waals surface area (Å²) in [7, 11) is 0. The number of nitrogens with zero attached hydrogens (tertiary/aromatic N) is 1. The van der Waals surface area contributed by atoms with Crippen molar-refractivity contribution in [1.29, 1.82) is 0 Å². The number of para-hydroxylation sites is 1. The molecule has 0 spiro atoms. The second-order valence-corrected chi connectivity index (χ2v) is 8.19. The van der Waals surface area contributed by atoms with Crippen molar-refractivity contribution in [3.63, 3.8) is 0 Å². The molecule has 31 heavy (non-hydrogen) atoms. The number of nitrogens with one attached hydrogen (secondary N) is 3. The lowest BCUT2D eigenvalue weighted by Crippen LogP contribution is -2.38. The number of H-pyrrole nitrogens is 1. The van der Waals surface area contributed by atoms with E-state index in [1.807, 2.05) is 48.5 Å². The van der Waals surface area contributed by atoms with E-state index in [-0.39, 0.29) is 30.8 Å². The molecule has 1 saturated heterocycles. The quantitative estimate of drug-likeness (QED) is 0.558. The molecule has 7 heteroatoms. The molecule has 1 fully saturated rings. The highest BCUT2D eigenvalue weighted by atomic mass is 16.2. The minimum Gasteiger partial charge on any atom is -0.356 e. The summed E-state index contributed by atoms with van der Waals surface area (Å²) in [5, 5.41) is 6.92. The van der Waals surface area contributed by atoms with Gasteiger partial charge in [0.05, 0.1) is 19.0 Å². The van der Waals surface area contributed by atoms with Gasteiger partial charge in [0.25, 0.3) is 5.91 Å². The Bertz CT molecular complexity index is 1150. The van der Waals surface area contributed by atoms with Crippen LogP contribution >= 0.6 is 0 Å². The summed E-state index contributed by atoms with van der Waals surface area (Å²) in [6.07, 6.45) is 2.75. The number of aryl methyl sites for hydroxylation is 1. The van der Waals surface area contributed by atoms with Crippen LogP contribution in [-0.4, -0.2) is 33.8 Å². The van der Waals surface area contributed by atoms with E-state index in [2.05, 4.69) is 21.7 Å². The number of imide groups is 1. The topological polar surface area (TPSA) is 94.3 Å². The molecule has 7 nitrogen and oxygen atoms in total. The number of urea groups is 1. The minimum absolute atomic E-state index is 0.0675. The number of carbonyl (C=O) groups excluding carboxylic acids is 3. The number of carbonyl (C=O) groups is 3. The standard InChI is InChI=1S/C24H24N4O3/c29-21(13-20-23(30)28(24(31)27-20)14-15-7-2-1-3-8-15)25-19-12-6-10-17-16-9-4-5-11-18(16)26-22(17)19/h1-5,7-9,11,19-20,26H,6,10,12-14H2,(H,25,29)(H,27,31)/t19-,20+/m1/s1. The van der Waals surface area contributed by atoms with Crippen molar-refractivity contribution < 1.29 is 14.4 Å². The average molecular weight is 416 g/mol. The fraction of sp³-hybridized carbons (Fsp3) is 0.292. The molecule has 158 valence electrons. The fourth-order valence-corrected chi connectivity index (χ4v) is 4.63. The van der Waals surface area contributed by atoms with Crippen LogP contribution in [0.5, 0.6) is 0 Å². The zero-order chi connectivity index (χ0) is 21.4. The number of rotatable bonds is 5. The Morgan fingerprint density at radius 1 is 1.06 bits per heavy atom. The summed E-state index contributed by atoms with van der Waals surface area (Å²) < 4.78 is 0. The van der Waals surface area contributed by atoms with Crippen molar-refractivity contribution in [2.75, 3.05) is 0 Å². The summed E-state index contributed by atoms with van der Waals surface area (Å²) in [4.78, 5) is 42.4. The molecule has 4 amide bonds. The van der Waals surface area contributed by atoms with E-state index in [1.165, 1.54) is 15.8 Å². The van der Waals surface area contributed by atoms with Crippen molar-refractivity contribution in [3.05, 3.63) is 71.4 Å². The van der Waals surface area contributed by atoms with E-state index < -0.39 is 12.1 Å². The normalized spacial score (nSPS) is 20.6. The second kappa shape index (κ2) is 7.91. The van der Waals surface area contributed by atoms with Gasteiger partial charge in [-0.25, -0.2) is 4.79 Å². The van der Waals surface area contributed by atoms with E-state index in [9.17, 15) is 14.4 Å². The summed E-state index contributed by atoms with van der Waals surface area (Å²) in [6.45, 7) is 0.199. The van der Waals surface area contributed by atoms with Gasteiger partial charge in [-0.3, -0.25) is 14.5 Å². The molecule has 5 rings (SSSR count). The van der Waals surface area contributed by atoms with Gasteiger partial charge >= 0.3 is 6.03 Å². The summed E-state index contributed by atoms with van der Waals surface area (Å²) in [5.41, 5.74) is 4.24. The van der Waals surface area contributed by atoms with E-state index >= 15 is 0 Å². The molecule has 0 bridgehead atoms. The summed E-state index contributed by atoms with van der Waals surface area (Å²) in [5.74, 6) is -0.601.